The first-order valence-electron chi connectivity index (χ1n) is 6.08. The molecule has 19 heavy (non-hydrogen) atoms. The maximum absolute atomic E-state index is 11.4. The fourth-order valence-electron chi connectivity index (χ4n) is 1.37. The zero-order valence-electron chi connectivity index (χ0n) is 10.8. The molecule has 1 aliphatic carbocycles. The third-order valence-electron chi connectivity index (χ3n) is 2.57. The number of amides is 3. The Bertz CT molecular complexity index is 343. The molecule has 0 aromatic heterocycles. The minimum Gasteiger partial charge on any atom is -0.480 e. The molecule has 3 amide bonds. The van der Waals surface area contributed by atoms with Crippen molar-refractivity contribution in [1.29, 1.82) is 0 Å². The molecule has 1 fully saturated rings. The van der Waals surface area contributed by atoms with Crippen molar-refractivity contribution in [3.63, 3.8) is 0 Å². The van der Waals surface area contributed by atoms with E-state index in [4.69, 9.17) is 9.84 Å². The molecule has 1 aliphatic rings. The Kier molecular flexibility index (Phi) is 6.07. The summed E-state index contributed by atoms with van der Waals surface area (Å²) in [6, 6.07) is -1.49. The third-order valence-corrected chi connectivity index (χ3v) is 2.57. The summed E-state index contributed by atoms with van der Waals surface area (Å²) in [7, 11) is 1.45. The highest BCUT2D eigenvalue weighted by molar-refractivity contribution is 5.86. The van der Waals surface area contributed by atoms with E-state index in [-0.39, 0.29) is 31.5 Å². The largest absolute Gasteiger partial charge is 0.480 e. The lowest BCUT2D eigenvalue weighted by molar-refractivity contribution is -0.139. The van der Waals surface area contributed by atoms with Gasteiger partial charge in [-0.2, -0.15) is 0 Å². The van der Waals surface area contributed by atoms with Crippen molar-refractivity contribution < 1.29 is 24.2 Å². The minimum absolute atomic E-state index is 0.160. The molecule has 0 radical (unpaired) electrons. The summed E-state index contributed by atoms with van der Waals surface area (Å²) >= 11 is 0. The summed E-state index contributed by atoms with van der Waals surface area (Å²) in [4.78, 5) is 33.6. The van der Waals surface area contributed by atoms with E-state index in [2.05, 4.69) is 16.0 Å². The molecule has 0 heterocycles. The molecule has 8 heteroatoms. The van der Waals surface area contributed by atoms with E-state index in [0.29, 0.717) is 0 Å². The van der Waals surface area contributed by atoms with E-state index < -0.39 is 18.0 Å². The van der Waals surface area contributed by atoms with Crippen LogP contribution in [0.5, 0.6) is 0 Å². The molecule has 0 bridgehead atoms. The monoisotopic (exact) mass is 273 g/mol. The number of carbonyl (C=O) groups is 3. The number of ether oxygens (including phenoxy) is 1. The minimum atomic E-state index is -1.14. The van der Waals surface area contributed by atoms with Gasteiger partial charge in [0.15, 0.2) is 0 Å². The van der Waals surface area contributed by atoms with Crippen molar-refractivity contribution in [1.82, 2.24) is 16.0 Å². The van der Waals surface area contributed by atoms with E-state index >= 15 is 0 Å². The summed E-state index contributed by atoms with van der Waals surface area (Å²) in [5.41, 5.74) is 0. The number of rotatable bonds is 8. The second-order valence-corrected chi connectivity index (χ2v) is 4.34. The lowest BCUT2D eigenvalue weighted by Gasteiger charge is -2.14. The normalized spacial score (nSPS) is 15.4. The average Bonchev–Trinajstić information content (AvgIpc) is 3.15. The van der Waals surface area contributed by atoms with Crippen LogP contribution in [0.4, 0.5) is 4.79 Å². The van der Waals surface area contributed by atoms with Crippen LogP contribution in [0.3, 0.4) is 0 Å². The summed E-state index contributed by atoms with van der Waals surface area (Å²) < 4.78 is 4.75. The molecule has 8 nitrogen and oxygen atoms in total. The van der Waals surface area contributed by atoms with Crippen LogP contribution in [0, 0.1) is 0 Å². The lowest BCUT2D eigenvalue weighted by atomic mass is 10.2. The van der Waals surface area contributed by atoms with Crippen molar-refractivity contribution in [2.75, 3.05) is 20.3 Å². The molecule has 1 atom stereocenters. The highest BCUT2D eigenvalue weighted by atomic mass is 16.5. The van der Waals surface area contributed by atoms with Gasteiger partial charge in [-0.05, 0) is 12.8 Å². The van der Waals surface area contributed by atoms with Gasteiger partial charge in [0.25, 0.3) is 0 Å². The van der Waals surface area contributed by atoms with Crippen molar-refractivity contribution in [2.45, 2.75) is 31.3 Å². The van der Waals surface area contributed by atoms with Crippen molar-refractivity contribution >= 4 is 17.9 Å². The second kappa shape index (κ2) is 7.57. The number of carbonyl (C=O) groups excluding carboxylic acids is 2. The molecule has 4 N–H and O–H groups in total. The summed E-state index contributed by atoms with van der Waals surface area (Å²) in [5, 5.41) is 16.2. The Labute approximate surface area is 110 Å². The van der Waals surface area contributed by atoms with Crippen molar-refractivity contribution in [3.8, 4) is 0 Å². The number of carboxylic acids is 1. The van der Waals surface area contributed by atoms with Crippen LogP contribution in [0.25, 0.3) is 0 Å². The van der Waals surface area contributed by atoms with Gasteiger partial charge in [0.05, 0.1) is 6.54 Å². The van der Waals surface area contributed by atoms with Crippen LogP contribution in [0.1, 0.15) is 19.3 Å². The maximum atomic E-state index is 11.4. The smallest absolute Gasteiger partial charge is 0.326 e. The van der Waals surface area contributed by atoms with Gasteiger partial charge in [-0.3, -0.25) is 4.79 Å². The molecule has 1 rings (SSSR count). The van der Waals surface area contributed by atoms with Gasteiger partial charge in [-0.25, -0.2) is 9.59 Å². The number of hydrogen-bond donors (Lipinski definition) is 4. The number of hydrogen-bond acceptors (Lipinski definition) is 4. The Morgan fingerprint density at radius 2 is 2.05 bits per heavy atom. The lowest BCUT2D eigenvalue weighted by Crippen LogP contribution is -2.48. The summed E-state index contributed by atoms with van der Waals surface area (Å²) in [5.74, 6) is -1.42. The number of methoxy groups -OCH3 is 1. The summed E-state index contributed by atoms with van der Waals surface area (Å²) in [6.45, 7) is 0.0539. The zero-order valence-corrected chi connectivity index (χ0v) is 10.8. The van der Waals surface area contributed by atoms with E-state index in [1.54, 1.807) is 0 Å². The first-order valence-corrected chi connectivity index (χ1v) is 6.08. The average molecular weight is 273 g/mol. The SMILES string of the molecule is COCCC(NC(=O)NCC(=O)NC1CC1)C(=O)O. The molecule has 0 aliphatic heterocycles. The fourth-order valence-corrected chi connectivity index (χ4v) is 1.37. The number of carboxylic acid groups (broad SMARTS) is 1. The molecule has 0 saturated heterocycles. The van der Waals surface area contributed by atoms with Gasteiger partial charge in [-0.15, -0.1) is 0 Å². The van der Waals surface area contributed by atoms with Crippen molar-refractivity contribution in [2.24, 2.45) is 0 Å². The van der Waals surface area contributed by atoms with Crippen LogP contribution in [-0.4, -0.2) is 55.4 Å². The van der Waals surface area contributed by atoms with E-state index in [1.807, 2.05) is 0 Å². The summed E-state index contributed by atoms with van der Waals surface area (Å²) in [6.07, 6.45) is 2.10. The third kappa shape index (κ3) is 6.61. The van der Waals surface area contributed by atoms with Gasteiger partial charge in [0, 0.05) is 26.2 Å². The van der Waals surface area contributed by atoms with Gasteiger partial charge in [-0.1, -0.05) is 0 Å². The molecular formula is C11H19N3O5. The maximum Gasteiger partial charge on any atom is 0.326 e. The molecule has 0 aromatic carbocycles. The number of aliphatic carboxylic acids is 1. The Morgan fingerprint density at radius 3 is 2.58 bits per heavy atom. The first-order chi connectivity index (χ1) is 9.02. The van der Waals surface area contributed by atoms with Crippen LogP contribution >= 0.6 is 0 Å². The Balaban J connectivity index is 2.22. The Hall–Kier alpha value is -1.83. The quantitative estimate of drug-likeness (QED) is 0.455. The molecular weight excluding hydrogens is 254 g/mol. The van der Waals surface area contributed by atoms with Crippen LogP contribution in [0.15, 0.2) is 0 Å². The van der Waals surface area contributed by atoms with Gasteiger partial charge in [0.1, 0.15) is 6.04 Å². The van der Waals surface area contributed by atoms with E-state index in [0.717, 1.165) is 12.8 Å². The van der Waals surface area contributed by atoms with Gasteiger partial charge in [0.2, 0.25) is 5.91 Å². The van der Waals surface area contributed by atoms with E-state index in [9.17, 15) is 14.4 Å². The highest BCUT2D eigenvalue weighted by Gasteiger charge is 2.24. The molecule has 108 valence electrons. The Morgan fingerprint density at radius 1 is 1.37 bits per heavy atom. The molecule has 1 saturated carbocycles. The molecule has 0 aromatic rings. The molecule has 1 unspecified atom stereocenters. The zero-order chi connectivity index (χ0) is 14.3. The first kappa shape index (κ1) is 15.2. The van der Waals surface area contributed by atoms with Crippen LogP contribution < -0.4 is 16.0 Å². The van der Waals surface area contributed by atoms with Gasteiger partial charge >= 0.3 is 12.0 Å². The van der Waals surface area contributed by atoms with Gasteiger partial charge < -0.3 is 25.8 Å². The number of urea groups is 1. The van der Waals surface area contributed by atoms with Crippen LogP contribution in [-0.2, 0) is 14.3 Å². The molecule has 0 spiro atoms. The van der Waals surface area contributed by atoms with E-state index in [1.165, 1.54) is 7.11 Å². The number of nitrogens with one attached hydrogen (secondary N) is 3. The van der Waals surface area contributed by atoms with Crippen molar-refractivity contribution in [3.05, 3.63) is 0 Å². The fraction of sp³-hybridized carbons (Fsp3) is 0.727. The predicted octanol–water partition coefficient (Wildman–Crippen LogP) is -0.946. The predicted molar refractivity (Wildman–Crippen MR) is 65.6 cm³/mol. The second-order valence-electron chi connectivity index (χ2n) is 4.34. The standard InChI is InChI=1S/C11H19N3O5/c1-19-5-4-8(10(16)17)14-11(18)12-6-9(15)13-7-2-3-7/h7-8H,2-6H2,1H3,(H,13,15)(H,16,17)(H2,12,14,18). The van der Waals surface area contributed by atoms with Crippen LogP contribution in [0.2, 0.25) is 0 Å². The topological polar surface area (TPSA) is 117 Å². The highest BCUT2D eigenvalue weighted by Crippen LogP contribution is 2.18.